The number of hydrogen-bond donors (Lipinski definition) is 1. The lowest BCUT2D eigenvalue weighted by Crippen LogP contribution is -2.28. The highest BCUT2D eigenvalue weighted by Gasteiger charge is 2.36. The van der Waals surface area contributed by atoms with Crippen LogP contribution in [0.2, 0.25) is 0 Å². The molecule has 1 heterocycles. The van der Waals surface area contributed by atoms with E-state index in [1.165, 1.54) is 0 Å². The number of benzene rings is 4. The second kappa shape index (κ2) is 10.8. The van der Waals surface area contributed by atoms with Gasteiger partial charge in [-0.1, -0.05) is 54.1 Å². The normalized spacial score (nSPS) is 14.9. The lowest BCUT2D eigenvalue weighted by Gasteiger charge is -2.17. The van der Waals surface area contributed by atoms with Gasteiger partial charge in [0.05, 0.1) is 5.92 Å². The van der Waals surface area contributed by atoms with Crippen LogP contribution in [0.5, 0.6) is 11.5 Å². The quantitative estimate of drug-likeness (QED) is 0.320. The summed E-state index contributed by atoms with van der Waals surface area (Å²) in [5.74, 6) is -0.404. The summed E-state index contributed by atoms with van der Waals surface area (Å²) in [4.78, 5) is 39.1. The molecule has 0 unspecified atom stereocenters. The molecule has 1 aliphatic heterocycles. The van der Waals surface area contributed by atoms with Gasteiger partial charge in [-0.25, -0.2) is 0 Å². The number of amides is 2. The molecule has 0 radical (unpaired) electrons. The highest BCUT2D eigenvalue weighted by Crippen LogP contribution is 2.32. The molecular weight excluding hydrogens is 480 g/mol. The van der Waals surface area contributed by atoms with Crippen molar-refractivity contribution >= 4 is 39.9 Å². The SMILES string of the molecule is Cc1ccc(NC(=O)COC(=O)[C@H]2CC(=O)N(c3ccc(Oc4cccc5ccccc45)cc3)C2)c(C)c1. The summed E-state index contributed by atoms with van der Waals surface area (Å²) in [7, 11) is 0. The van der Waals surface area contributed by atoms with Gasteiger partial charge in [0.25, 0.3) is 5.91 Å². The third kappa shape index (κ3) is 5.52. The number of anilines is 2. The number of nitrogens with zero attached hydrogens (tertiary/aromatic N) is 1. The Morgan fingerprint density at radius 3 is 2.50 bits per heavy atom. The molecule has 0 saturated carbocycles. The van der Waals surface area contributed by atoms with E-state index in [1.54, 1.807) is 29.2 Å². The topological polar surface area (TPSA) is 84.9 Å². The molecule has 0 aliphatic carbocycles. The third-order valence-electron chi connectivity index (χ3n) is 6.59. The fourth-order valence-corrected chi connectivity index (χ4v) is 4.62. The van der Waals surface area contributed by atoms with Crippen LogP contribution < -0.4 is 15.0 Å². The first-order chi connectivity index (χ1) is 18.4. The van der Waals surface area contributed by atoms with E-state index in [-0.39, 0.29) is 18.9 Å². The van der Waals surface area contributed by atoms with Crippen molar-refractivity contribution in [2.24, 2.45) is 5.92 Å². The van der Waals surface area contributed by atoms with Gasteiger partial charge in [-0.3, -0.25) is 14.4 Å². The van der Waals surface area contributed by atoms with Crippen LogP contribution in [0.15, 0.2) is 84.9 Å². The lowest BCUT2D eigenvalue weighted by molar-refractivity contribution is -0.151. The molecule has 7 heteroatoms. The second-order valence-electron chi connectivity index (χ2n) is 9.45. The van der Waals surface area contributed by atoms with E-state index in [4.69, 9.17) is 9.47 Å². The maximum Gasteiger partial charge on any atom is 0.311 e. The number of nitrogens with one attached hydrogen (secondary N) is 1. The maximum atomic E-state index is 12.7. The van der Waals surface area contributed by atoms with E-state index >= 15 is 0 Å². The number of fused-ring (bicyclic) bond motifs is 1. The summed E-state index contributed by atoms with van der Waals surface area (Å²) >= 11 is 0. The fraction of sp³-hybridized carbons (Fsp3) is 0.194. The predicted octanol–water partition coefficient (Wildman–Crippen LogP) is 5.78. The summed E-state index contributed by atoms with van der Waals surface area (Å²) in [6.07, 6.45) is 0.0335. The number of aryl methyl sites for hydroxylation is 2. The van der Waals surface area contributed by atoms with Crippen LogP contribution in [-0.2, 0) is 19.1 Å². The van der Waals surface area contributed by atoms with Crippen LogP contribution in [-0.4, -0.2) is 30.9 Å². The van der Waals surface area contributed by atoms with Gasteiger partial charge in [0.15, 0.2) is 6.61 Å². The minimum atomic E-state index is -0.636. The molecule has 2 amide bonds. The Bertz CT molecular complexity index is 1510. The minimum absolute atomic E-state index is 0.0335. The third-order valence-corrected chi connectivity index (χ3v) is 6.59. The largest absolute Gasteiger partial charge is 0.457 e. The number of ether oxygens (including phenoxy) is 2. The molecule has 1 atom stereocenters. The zero-order valence-electron chi connectivity index (χ0n) is 21.3. The van der Waals surface area contributed by atoms with E-state index in [2.05, 4.69) is 5.32 Å². The molecule has 1 fully saturated rings. The van der Waals surface area contributed by atoms with Crippen molar-refractivity contribution < 1.29 is 23.9 Å². The molecule has 7 nitrogen and oxygen atoms in total. The minimum Gasteiger partial charge on any atom is -0.457 e. The van der Waals surface area contributed by atoms with E-state index in [0.29, 0.717) is 17.1 Å². The molecule has 192 valence electrons. The average molecular weight is 509 g/mol. The van der Waals surface area contributed by atoms with Crippen LogP contribution in [0.25, 0.3) is 10.8 Å². The molecule has 1 aliphatic rings. The number of rotatable bonds is 7. The molecule has 1 saturated heterocycles. The first-order valence-corrected chi connectivity index (χ1v) is 12.5. The second-order valence-corrected chi connectivity index (χ2v) is 9.45. The van der Waals surface area contributed by atoms with Crippen LogP contribution in [0, 0.1) is 19.8 Å². The summed E-state index contributed by atoms with van der Waals surface area (Å²) in [6.45, 7) is 3.66. The van der Waals surface area contributed by atoms with Crippen molar-refractivity contribution in [1.29, 1.82) is 0 Å². The zero-order valence-corrected chi connectivity index (χ0v) is 21.3. The standard InChI is InChI=1S/C31H28N2O5/c1-20-10-15-27(21(2)16-20)32-29(34)19-37-31(36)23-17-30(35)33(18-23)24-11-13-25(14-12-24)38-28-9-5-7-22-6-3-4-8-26(22)28/h3-16,23H,17-19H2,1-2H3,(H,32,34)/t23-/m0/s1. The summed E-state index contributed by atoms with van der Waals surface area (Å²) < 4.78 is 11.3. The van der Waals surface area contributed by atoms with Gasteiger partial charge >= 0.3 is 5.97 Å². The number of carbonyl (C=O) groups excluding carboxylic acids is 3. The van der Waals surface area contributed by atoms with E-state index in [1.807, 2.05) is 74.5 Å². The first kappa shape index (κ1) is 25.0. The zero-order chi connectivity index (χ0) is 26.6. The van der Waals surface area contributed by atoms with E-state index in [0.717, 1.165) is 27.6 Å². The smallest absolute Gasteiger partial charge is 0.311 e. The number of esters is 1. The Kier molecular flexibility index (Phi) is 7.09. The fourth-order valence-electron chi connectivity index (χ4n) is 4.62. The van der Waals surface area contributed by atoms with Crippen molar-refractivity contribution in [2.75, 3.05) is 23.4 Å². The van der Waals surface area contributed by atoms with Crippen molar-refractivity contribution in [3.05, 3.63) is 96.1 Å². The van der Waals surface area contributed by atoms with Crippen molar-refractivity contribution in [1.82, 2.24) is 0 Å². The van der Waals surface area contributed by atoms with Crippen molar-refractivity contribution in [2.45, 2.75) is 20.3 Å². The molecule has 5 rings (SSSR count). The molecule has 38 heavy (non-hydrogen) atoms. The molecule has 0 bridgehead atoms. The Balaban J connectivity index is 1.16. The molecule has 0 spiro atoms. The van der Waals surface area contributed by atoms with Gasteiger partial charge in [0.2, 0.25) is 5.91 Å². The average Bonchev–Trinajstić information content (AvgIpc) is 3.31. The Hall–Kier alpha value is -4.65. The van der Waals surface area contributed by atoms with Gasteiger partial charge in [0, 0.05) is 29.7 Å². The van der Waals surface area contributed by atoms with Gasteiger partial charge in [-0.05, 0) is 61.2 Å². The van der Waals surface area contributed by atoms with Gasteiger partial charge in [-0.2, -0.15) is 0 Å². The van der Waals surface area contributed by atoms with E-state index < -0.39 is 24.4 Å². The summed E-state index contributed by atoms with van der Waals surface area (Å²) in [5.41, 5.74) is 3.36. The number of hydrogen-bond acceptors (Lipinski definition) is 5. The van der Waals surface area contributed by atoms with Crippen LogP contribution in [0.4, 0.5) is 11.4 Å². The van der Waals surface area contributed by atoms with Crippen LogP contribution in [0.1, 0.15) is 17.5 Å². The molecular formula is C31H28N2O5. The van der Waals surface area contributed by atoms with Crippen LogP contribution in [0.3, 0.4) is 0 Å². The van der Waals surface area contributed by atoms with E-state index in [9.17, 15) is 14.4 Å². The van der Waals surface area contributed by atoms with Gasteiger partial charge < -0.3 is 19.7 Å². The summed E-state index contributed by atoms with van der Waals surface area (Å²) in [5, 5.41) is 4.85. The lowest BCUT2D eigenvalue weighted by atomic mass is 10.1. The van der Waals surface area contributed by atoms with Crippen molar-refractivity contribution in [3.63, 3.8) is 0 Å². The summed E-state index contributed by atoms with van der Waals surface area (Å²) in [6, 6.07) is 26.7. The van der Waals surface area contributed by atoms with Gasteiger partial charge in [-0.15, -0.1) is 0 Å². The maximum absolute atomic E-state index is 12.7. The molecule has 4 aromatic carbocycles. The molecule has 0 aromatic heterocycles. The van der Waals surface area contributed by atoms with Crippen molar-refractivity contribution in [3.8, 4) is 11.5 Å². The molecule has 4 aromatic rings. The monoisotopic (exact) mass is 508 g/mol. The number of carbonyl (C=O) groups is 3. The Morgan fingerprint density at radius 2 is 1.71 bits per heavy atom. The van der Waals surface area contributed by atoms with Crippen LogP contribution >= 0.6 is 0 Å². The highest BCUT2D eigenvalue weighted by molar-refractivity contribution is 6.00. The predicted molar refractivity (Wildman–Crippen MR) is 146 cm³/mol. The molecule has 1 N–H and O–H groups in total. The highest BCUT2D eigenvalue weighted by atomic mass is 16.5. The Morgan fingerprint density at radius 1 is 0.947 bits per heavy atom. The Labute approximate surface area is 221 Å². The first-order valence-electron chi connectivity index (χ1n) is 12.5. The van der Waals surface area contributed by atoms with Gasteiger partial charge in [0.1, 0.15) is 11.5 Å².